The molecule has 0 aliphatic rings. The van der Waals surface area contributed by atoms with Crippen LogP contribution in [0.15, 0.2) is 36.4 Å². The van der Waals surface area contributed by atoms with E-state index in [9.17, 15) is 4.79 Å². The third-order valence-corrected chi connectivity index (χ3v) is 11.9. The molecule has 3 rings (SSSR count). The molecule has 240 valence electrons. The van der Waals surface area contributed by atoms with Gasteiger partial charge in [0.15, 0.2) is 50.4 Å². The Bertz CT molecular complexity index is 1220. The van der Waals surface area contributed by atoms with Crippen molar-refractivity contribution >= 4 is 29.1 Å². The maximum atomic E-state index is 12.5. The van der Waals surface area contributed by atoms with Crippen LogP contribution in [0.2, 0.25) is 0 Å². The predicted molar refractivity (Wildman–Crippen MR) is 171 cm³/mol. The van der Waals surface area contributed by atoms with Gasteiger partial charge in [0.1, 0.15) is 24.5 Å². The molecule has 0 saturated carbocycles. The summed E-state index contributed by atoms with van der Waals surface area (Å²) in [5, 5.41) is 2.04. The lowest BCUT2D eigenvalue weighted by Crippen LogP contribution is -2.38. The number of methoxy groups -OCH3 is 9. The first-order valence-electron chi connectivity index (χ1n) is 13.6. The van der Waals surface area contributed by atoms with Crippen molar-refractivity contribution in [2.45, 2.75) is 12.8 Å². The van der Waals surface area contributed by atoms with Gasteiger partial charge in [0.2, 0.25) is 5.91 Å². The Morgan fingerprint density at radius 2 is 0.818 bits per heavy atom. The summed E-state index contributed by atoms with van der Waals surface area (Å²) in [5.41, 5.74) is 2.23. The van der Waals surface area contributed by atoms with Crippen LogP contribution in [0.4, 0.5) is 0 Å². The van der Waals surface area contributed by atoms with Crippen molar-refractivity contribution < 1.29 is 47.4 Å². The number of carbonyl (C=O) groups is 1. The van der Waals surface area contributed by atoms with Crippen LogP contribution in [0.5, 0.6) is 51.7 Å². The number of hydrogen-bond acceptors (Lipinski definition) is 11. The normalized spacial score (nSPS) is 10.9. The largest absolute Gasteiger partial charge is 0.496 e. The van der Waals surface area contributed by atoms with Crippen LogP contribution in [0.1, 0.15) is 12.8 Å². The zero-order valence-electron chi connectivity index (χ0n) is 26.7. The molecule has 44 heavy (non-hydrogen) atoms. The maximum absolute atomic E-state index is 12.5. The summed E-state index contributed by atoms with van der Waals surface area (Å²) in [4.78, 5) is 12.5. The van der Waals surface area contributed by atoms with E-state index < -0.39 is 7.26 Å². The lowest BCUT2D eigenvalue weighted by molar-refractivity contribution is -0.121. The molecule has 0 heterocycles. The molecule has 0 saturated heterocycles. The first-order valence-corrected chi connectivity index (χ1v) is 15.5. The third-order valence-electron chi connectivity index (χ3n) is 7.27. The van der Waals surface area contributed by atoms with Crippen molar-refractivity contribution in [3.05, 3.63) is 36.4 Å². The average molecular weight is 634 g/mol. The second kappa shape index (κ2) is 15.4. The Labute approximate surface area is 258 Å². The van der Waals surface area contributed by atoms with Crippen LogP contribution in [-0.2, 0) is 4.79 Å². The van der Waals surface area contributed by atoms with Crippen LogP contribution in [0.3, 0.4) is 0 Å². The third kappa shape index (κ3) is 6.46. The van der Waals surface area contributed by atoms with Gasteiger partial charge in [-0.25, -0.2) is 5.84 Å². The molecule has 0 aromatic heterocycles. The molecule has 0 radical (unpaired) electrons. The van der Waals surface area contributed by atoms with E-state index in [1.807, 2.05) is 0 Å². The molecule has 1 amide bonds. The second-order valence-electron chi connectivity index (χ2n) is 9.35. The van der Waals surface area contributed by atoms with Gasteiger partial charge in [0.05, 0.1) is 70.2 Å². The number of rotatable bonds is 16. The topological polar surface area (TPSA) is 138 Å². The van der Waals surface area contributed by atoms with Crippen LogP contribution in [0.25, 0.3) is 0 Å². The predicted octanol–water partition coefficient (Wildman–Crippen LogP) is 2.83. The molecule has 0 spiro atoms. The quantitative estimate of drug-likeness (QED) is 0.104. The highest BCUT2D eigenvalue weighted by Crippen LogP contribution is 2.66. The van der Waals surface area contributed by atoms with Gasteiger partial charge in [0, 0.05) is 42.8 Å². The molecule has 0 aliphatic heterocycles. The van der Waals surface area contributed by atoms with E-state index in [1.165, 1.54) is 0 Å². The summed E-state index contributed by atoms with van der Waals surface area (Å²) in [6, 6.07) is 10.7. The van der Waals surface area contributed by atoms with Crippen LogP contribution in [0, 0.1) is 0 Å². The van der Waals surface area contributed by atoms with Gasteiger partial charge < -0.3 is 42.6 Å². The second-order valence-corrected chi connectivity index (χ2v) is 12.8. The van der Waals surface area contributed by atoms with Gasteiger partial charge in [-0.2, -0.15) is 0 Å². The fraction of sp³-hybridized carbons (Fsp3) is 0.387. The molecular weight excluding hydrogens is 591 g/mol. The Kier molecular flexibility index (Phi) is 12.0. The van der Waals surface area contributed by atoms with Crippen molar-refractivity contribution in [2.75, 3.05) is 70.2 Å². The van der Waals surface area contributed by atoms with Crippen molar-refractivity contribution in [2.24, 2.45) is 5.84 Å². The Balaban J connectivity index is 2.76. The fourth-order valence-corrected chi connectivity index (χ4v) is 10.5. The smallest absolute Gasteiger partial charge is 0.234 e. The monoisotopic (exact) mass is 633 g/mol. The molecule has 3 aromatic rings. The zero-order chi connectivity index (χ0) is 32.4. The van der Waals surface area contributed by atoms with Gasteiger partial charge in [-0.15, -0.1) is 0 Å². The Morgan fingerprint density at radius 3 is 1.02 bits per heavy atom. The molecule has 3 N–H and O–H groups in total. The van der Waals surface area contributed by atoms with Crippen LogP contribution in [-0.4, -0.2) is 76.1 Å². The highest BCUT2D eigenvalue weighted by atomic mass is 31.2. The van der Waals surface area contributed by atoms with Crippen molar-refractivity contribution in [1.82, 2.24) is 5.43 Å². The highest BCUT2D eigenvalue weighted by molar-refractivity contribution is 7.96. The first kappa shape index (κ1) is 34.2. The molecule has 0 atom stereocenters. The number of hydrazine groups is 1. The van der Waals surface area contributed by atoms with E-state index in [1.54, 1.807) is 100 Å². The van der Waals surface area contributed by atoms with Crippen molar-refractivity contribution in [1.29, 1.82) is 0 Å². The van der Waals surface area contributed by atoms with Gasteiger partial charge in [-0.1, -0.05) is 0 Å². The molecule has 13 heteroatoms. The van der Waals surface area contributed by atoms with Gasteiger partial charge in [-0.3, -0.25) is 10.2 Å². The van der Waals surface area contributed by atoms with E-state index in [0.29, 0.717) is 80.2 Å². The fourth-order valence-electron chi connectivity index (χ4n) is 5.31. The minimum Gasteiger partial charge on any atom is -0.496 e. The van der Waals surface area contributed by atoms with Crippen molar-refractivity contribution in [3.8, 4) is 51.7 Å². The minimum atomic E-state index is -3.17. The van der Waals surface area contributed by atoms with E-state index in [4.69, 9.17) is 48.5 Å². The number of carbonyl (C=O) groups excluding carboxylic acids is 1. The van der Waals surface area contributed by atoms with E-state index in [2.05, 4.69) is 5.43 Å². The lowest BCUT2D eigenvalue weighted by Gasteiger charge is -2.33. The Morgan fingerprint density at radius 1 is 0.545 bits per heavy atom. The number of hydrogen-bond donors (Lipinski definition) is 2. The standard InChI is InChI=1S/C31H41N2O10P/c1-35-19-13-22(38-4)29(23(14-19)39-5)44(12-10-11-28(34)33-32,30-24(40-6)15-20(36-2)16-25(30)41-7)31-26(42-8)17-21(37-3)18-27(31)43-9/h13-18H,10-12,32H2,1-9H3/p+1. The zero-order valence-corrected chi connectivity index (χ0v) is 27.6. The number of benzene rings is 3. The number of nitrogens with two attached hydrogens (primary N) is 1. The van der Waals surface area contributed by atoms with Gasteiger partial charge in [0.25, 0.3) is 0 Å². The Hall–Kier alpha value is -4.28. The summed E-state index contributed by atoms with van der Waals surface area (Å²) in [5.74, 6) is 9.53. The molecule has 0 unspecified atom stereocenters. The summed E-state index contributed by atoms with van der Waals surface area (Å²) in [6.07, 6.45) is 0.879. The van der Waals surface area contributed by atoms with Crippen LogP contribution >= 0.6 is 7.26 Å². The maximum Gasteiger partial charge on any atom is 0.234 e. The summed E-state index contributed by atoms with van der Waals surface area (Å²) < 4.78 is 53.2. The SMILES string of the molecule is COc1cc(OC)c([P+](CCCC(=O)NN)(c2c(OC)cc(OC)cc2OC)c2c(OC)cc(OC)cc2OC)c(OC)c1. The molecule has 3 aromatic carbocycles. The van der Waals surface area contributed by atoms with Crippen LogP contribution < -0.4 is 69.8 Å². The van der Waals surface area contributed by atoms with Gasteiger partial charge >= 0.3 is 0 Å². The van der Waals surface area contributed by atoms with E-state index >= 15 is 0 Å². The van der Waals surface area contributed by atoms with E-state index in [0.717, 1.165) is 0 Å². The average Bonchev–Trinajstić information content (AvgIpc) is 3.08. The minimum absolute atomic E-state index is 0.126. The first-order chi connectivity index (χ1) is 21.3. The number of amides is 1. The van der Waals surface area contributed by atoms with Crippen molar-refractivity contribution in [3.63, 3.8) is 0 Å². The molecule has 0 fully saturated rings. The number of ether oxygens (including phenoxy) is 9. The molecular formula is C31H42N2O10P+. The lowest BCUT2D eigenvalue weighted by atomic mass is 10.3. The highest BCUT2D eigenvalue weighted by Gasteiger charge is 2.57. The molecule has 12 nitrogen and oxygen atoms in total. The molecule has 0 bridgehead atoms. The summed E-state index contributed by atoms with van der Waals surface area (Å²) >= 11 is 0. The summed E-state index contributed by atoms with van der Waals surface area (Å²) in [6.45, 7) is 0. The van der Waals surface area contributed by atoms with E-state index in [-0.39, 0.29) is 12.3 Å². The molecule has 0 aliphatic carbocycles. The number of nitrogens with one attached hydrogen (secondary N) is 1. The summed E-state index contributed by atoms with van der Waals surface area (Å²) in [7, 11) is 10.9. The van der Waals surface area contributed by atoms with Gasteiger partial charge in [-0.05, 0) is 6.42 Å².